The lowest BCUT2D eigenvalue weighted by molar-refractivity contribution is 0.0939. The Hall–Kier alpha value is -2.61. The molecule has 2 aromatic heterocycles. The minimum Gasteiger partial charge on any atom is -0.352 e. The van der Waals surface area contributed by atoms with Gasteiger partial charge in [0.1, 0.15) is 5.69 Å². The molecule has 0 spiro atoms. The number of carbonyl (C=O) groups excluding carboxylic acids is 1. The molecule has 0 aliphatic carbocycles. The summed E-state index contributed by atoms with van der Waals surface area (Å²) in [5, 5.41) is 7.20. The van der Waals surface area contributed by atoms with Gasteiger partial charge in [0.2, 0.25) is 0 Å². The van der Waals surface area contributed by atoms with Gasteiger partial charge in [-0.05, 0) is 6.92 Å². The van der Waals surface area contributed by atoms with Crippen LogP contribution in [0, 0.1) is 6.92 Å². The molecule has 3 rings (SSSR count). The molecule has 1 aromatic carbocycles. The number of carbonyl (C=O) groups is 1. The fraction of sp³-hybridized carbons (Fsp3) is 0.278. The Balaban J connectivity index is 1.63. The molecule has 0 radical (unpaired) electrons. The maximum Gasteiger partial charge on any atom is 0.282 e. The first kappa shape index (κ1) is 18.2. The predicted octanol–water partition coefficient (Wildman–Crippen LogP) is 3.76. The molecular weight excluding hydrogens is 358 g/mol. The van der Waals surface area contributed by atoms with Crippen LogP contribution in [0.15, 0.2) is 36.5 Å². The molecule has 1 N–H and O–H groups in total. The summed E-state index contributed by atoms with van der Waals surface area (Å²) in [6.45, 7) is 2.32. The van der Waals surface area contributed by atoms with Crippen molar-refractivity contribution in [1.82, 2.24) is 20.1 Å². The molecule has 0 bridgehead atoms. The normalized spacial score (nSPS) is 11.1. The highest BCUT2D eigenvalue weighted by Gasteiger charge is 2.22. The average Bonchev–Trinajstić information content (AvgIpc) is 3.18. The number of nitrogens with one attached hydrogen (secondary N) is 1. The van der Waals surface area contributed by atoms with Gasteiger partial charge in [0, 0.05) is 36.7 Å². The summed E-state index contributed by atoms with van der Waals surface area (Å²) in [5.41, 5.74) is 1.39. The Morgan fingerprint density at radius 2 is 2.04 bits per heavy atom. The van der Waals surface area contributed by atoms with Crippen LogP contribution in [-0.2, 0) is 13.5 Å². The summed E-state index contributed by atoms with van der Waals surface area (Å²) in [7, 11) is 1.51. The summed E-state index contributed by atoms with van der Waals surface area (Å²) < 4.78 is 27.1. The number of hydrogen-bond donors (Lipinski definition) is 1. The lowest BCUT2D eigenvalue weighted by Crippen LogP contribution is -2.26. The lowest BCUT2D eigenvalue weighted by atomic mass is 10.1. The molecule has 26 heavy (non-hydrogen) atoms. The lowest BCUT2D eigenvalue weighted by Gasteiger charge is -2.03. The summed E-state index contributed by atoms with van der Waals surface area (Å²) in [6, 6.07) is 9.88. The fourth-order valence-corrected chi connectivity index (χ4v) is 3.60. The number of nitrogens with zero attached hydrogens (tertiary/aromatic N) is 3. The van der Waals surface area contributed by atoms with Gasteiger partial charge < -0.3 is 5.32 Å². The van der Waals surface area contributed by atoms with Crippen molar-refractivity contribution in [2.45, 2.75) is 19.8 Å². The number of aryl methyl sites for hydroxylation is 2. The van der Waals surface area contributed by atoms with Gasteiger partial charge in [0.25, 0.3) is 12.3 Å². The second-order valence-corrected chi connectivity index (χ2v) is 7.07. The minimum atomic E-state index is -2.79. The topological polar surface area (TPSA) is 59.8 Å². The van der Waals surface area contributed by atoms with Crippen molar-refractivity contribution >= 4 is 17.2 Å². The van der Waals surface area contributed by atoms with Crippen LogP contribution >= 0.6 is 11.3 Å². The van der Waals surface area contributed by atoms with E-state index in [1.54, 1.807) is 11.3 Å². The Morgan fingerprint density at radius 1 is 1.31 bits per heavy atom. The van der Waals surface area contributed by atoms with E-state index in [0.29, 0.717) is 13.0 Å². The zero-order valence-corrected chi connectivity index (χ0v) is 15.2. The number of amides is 1. The highest BCUT2D eigenvalue weighted by molar-refractivity contribution is 7.12. The number of thiazole rings is 1. The first-order valence-corrected chi connectivity index (χ1v) is 8.89. The van der Waals surface area contributed by atoms with Crippen molar-refractivity contribution in [3.8, 4) is 11.3 Å². The number of aromatic nitrogens is 3. The first-order valence-electron chi connectivity index (χ1n) is 8.07. The number of halogens is 2. The van der Waals surface area contributed by atoms with Crippen LogP contribution in [0.25, 0.3) is 11.3 Å². The van der Waals surface area contributed by atoms with Crippen LogP contribution in [0.5, 0.6) is 0 Å². The predicted molar refractivity (Wildman–Crippen MR) is 96.5 cm³/mol. The van der Waals surface area contributed by atoms with Crippen molar-refractivity contribution in [2.24, 2.45) is 7.05 Å². The van der Waals surface area contributed by atoms with E-state index in [4.69, 9.17) is 0 Å². The van der Waals surface area contributed by atoms with E-state index in [9.17, 15) is 13.6 Å². The number of rotatable bonds is 6. The largest absolute Gasteiger partial charge is 0.352 e. The molecular formula is C18H18F2N4OS. The molecule has 2 heterocycles. The Labute approximate surface area is 153 Å². The smallest absolute Gasteiger partial charge is 0.282 e. The van der Waals surface area contributed by atoms with Crippen molar-refractivity contribution in [3.05, 3.63) is 57.7 Å². The minimum absolute atomic E-state index is 0.0946. The standard InChI is InChI=1S/C18H18F2N4OS/c1-11-15(12-6-4-3-5-7-12)22-14(26-11)8-9-21-18(25)13-10-24(2)23-16(13)17(19)20/h3-7,10,17H,8-9H2,1-2H3,(H,21,25). The fourth-order valence-electron chi connectivity index (χ4n) is 2.64. The molecule has 3 aromatic rings. The van der Waals surface area contributed by atoms with Gasteiger partial charge >= 0.3 is 0 Å². The maximum absolute atomic E-state index is 12.9. The van der Waals surface area contributed by atoms with Crippen LogP contribution in [-0.4, -0.2) is 27.2 Å². The maximum atomic E-state index is 12.9. The van der Waals surface area contributed by atoms with Gasteiger partial charge in [-0.1, -0.05) is 30.3 Å². The highest BCUT2D eigenvalue weighted by atomic mass is 32.1. The van der Waals surface area contributed by atoms with Crippen LogP contribution in [0.3, 0.4) is 0 Å². The van der Waals surface area contributed by atoms with E-state index in [1.807, 2.05) is 37.3 Å². The highest BCUT2D eigenvalue weighted by Crippen LogP contribution is 2.27. The van der Waals surface area contributed by atoms with Gasteiger partial charge in [-0.15, -0.1) is 11.3 Å². The summed E-state index contributed by atoms with van der Waals surface area (Å²) in [4.78, 5) is 17.9. The molecule has 0 saturated carbocycles. The van der Waals surface area contributed by atoms with E-state index >= 15 is 0 Å². The average molecular weight is 376 g/mol. The Morgan fingerprint density at radius 3 is 2.73 bits per heavy atom. The van der Waals surface area contributed by atoms with Gasteiger partial charge in [-0.2, -0.15) is 5.10 Å². The Kier molecular flexibility index (Phi) is 5.41. The second kappa shape index (κ2) is 7.74. The third kappa shape index (κ3) is 3.96. The van der Waals surface area contributed by atoms with Gasteiger partial charge in [-0.25, -0.2) is 13.8 Å². The molecule has 5 nitrogen and oxygen atoms in total. The van der Waals surface area contributed by atoms with Gasteiger partial charge in [0.15, 0.2) is 0 Å². The van der Waals surface area contributed by atoms with E-state index in [2.05, 4.69) is 15.4 Å². The monoisotopic (exact) mass is 376 g/mol. The van der Waals surface area contributed by atoms with Gasteiger partial charge in [-0.3, -0.25) is 9.48 Å². The summed E-state index contributed by atoms with van der Waals surface area (Å²) >= 11 is 1.57. The van der Waals surface area contributed by atoms with Gasteiger partial charge in [0.05, 0.1) is 16.3 Å². The quantitative estimate of drug-likeness (QED) is 0.713. The summed E-state index contributed by atoms with van der Waals surface area (Å²) in [6.07, 6.45) is -0.946. The van der Waals surface area contributed by atoms with E-state index in [0.717, 1.165) is 21.1 Å². The molecule has 136 valence electrons. The van der Waals surface area contributed by atoms with E-state index in [-0.39, 0.29) is 5.56 Å². The zero-order chi connectivity index (χ0) is 18.7. The first-order chi connectivity index (χ1) is 12.5. The van der Waals surface area contributed by atoms with Crippen LogP contribution in [0.2, 0.25) is 0 Å². The third-order valence-corrected chi connectivity index (χ3v) is 4.85. The SMILES string of the molecule is Cc1sc(CCNC(=O)c2cn(C)nc2C(F)F)nc1-c1ccccc1. The molecule has 1 amide bonds. The molecule has 0 saturated heterocycles. The Bertz CT molecular complexity index is 905. The van der Waals surface area contributed by atoms with E-state index in [1.165, 1.54) is 17.9 Å². The number of benzene rings is 1. The van der Waals surface area contributed by atoms with Crippen LogP contribution in [0.1, 0.15) is 32.4 Å². The second-order valence-electron chi connectivity index (χ2n) is 5.79. The van der Waals surface area contributed by atoms with Crippen molar-refractivity contribution < 1.29 is 13.6 Å². The van der Waals surface area contributed by atoms with E-state index < -0.39 is 18.0 Å². The van der Waals surface area contributed by atoms with Crippen molar-refractivity contribution in [3.63, 3.8) is 0 Å². The van der Waals surface area contributed by atoms with Crippen molar-refractivity contribution in [2.75, 3.05) is 6.54 Å². The van der Waals surface area contributed by atoms with Crippen LogP contribution < -0.4 is 5.32 Å². The third-order valence-electron chi connectivity index (χ3n) is 3.82. The zero-order valence-electron chi connectivity index (χ0n) is 14.4. The summed E-state index contributed by atoms with van der Waals surface area (Å²) in [5.74, 6) is -0.551. The molecule has 0 atom stereocenters. The molecule has 8 heteroatoms. The van der Waals surface area contributed by atoms with Crippen LogP contribution in [0.4, 0.5) is 8.78 Å². The number of hydrogen-bond acceptors (Lipinski definition) is 4. The molecule has 0 fully saturated rings. The molecule has 0 aliphatic rings. The number of alkyl halides is 2. The molecule has 0 aliphatic heterocycles. The molecule has 0 unspecified atom stereocenters. The van der Waals surface area contributed by atoms with Crippen molar-refractivity contribution in [1.29, 1.82) is 0 Å².